The van der Waals surface area contributed by atoms with Crippen LogP contribution in [0.15, 0.2) is 57.9 Å². The summed E-state index contributed by atoms with van der Waals surface area (Å²) >= 11 is 3.35. The molecule has 0 N–H and O–H groups in total. The van der Waals surface area contributed by atoms with E-state index in [-0.39, 0.29) is 11.0 Å². The quantitative estimate of drug-likeness (QED) is 0.702. The first-order valence-electron chi connectivity index (χ1n) is 7.06. The maximum Gasteiger partial charge on any atom is 0.267 e. The number of sulfonamides is 1. The molecule has 1 aliphatic rings. The Morgan fingerprint density at radius 3 is 2.61 bits per heavy atom. The lowest BCUT2D eigenvalue weighted by atomic mass is 10.3. The topological polar surface area (TPSA) is 59.1 Å². The monoisotopic (exact) mass is 397 g/mol. The number of halogens is 1. The SMILES string of the molecule is CN(c1ccccc1)S(=O)(=O)c1ccc(Br)cc1OCC1CO1. The van der Waals surface area contributed by atoms with Crippen molar-refractivity contribution in [2.45, 2.75) is 11.0 Å². The van der Waals surface area contributed by atoms with E-state index in [1.165, 1.54) is 11.4 Å². The maximum atomic E-state index is 12.9. The largest absolute Gasteiger partial charge is 0.489 e. The summed E-state index contributed by atoms with van der Waals surface area (Å²) in [5.41, 5.74) is 0.590. The number of epoxide rings is 1. The van der Waals surface area contributed by atoms with E-state index in [1.54, 1.807) is 42.5 Å². The van der Waals surface area contributed by atoms with Crippen LogP contribution in [-0.2, 0) is 14.8 Å². The second-order valence-corrected chi connectivity index (χ2v) is 8.02. The molecular formula is C16H16BrNO4S. The molecule has 5 nitrogen and oxygen atoms in total. The fourth-order valence-corrected chi connectivity index (χ4v) is 3.73. The Morgan fingerprint density at radius 2 is 1.96 bits per heavy atom. The van der Waals surface area contributed by atoms with E-state index in [4.69, 9.17) is 9.47 Å². The van der Waals surface area contributed by atoms with Crippen LogP contribution in [0.25, 0.3) is 0 Å². The third-order valence-electron chi connectivity index (χ3n) is 3.49. The molecular weight excluding hydrogens is 382 g/mol. The summed E-state index contributed by atoms with van der Waals surface area (Å²) < 4.78 is 38.6. The Morgan fingerprint density at radius 1 is 1.26 bits per heavy atom. The van der Waals surface area contributed by atoms with E-state index in [0.29, 0.717) is 24.7 Å². The van der Waals surface area contributed by atoms with Gasteiger partial charge in [0.2, 0.25) is 0 Å². The number of benzene rings is 2. The molecule has 1 heterocycles. The van der Waals surface area contributed by atoms with Gasteiger partial charge in [-0.05, 0) is 30.3 Å². The standard InChI is InChI=1S/C16H16BrNO4S/c1-18(13-5-3-2-4-6-13)23(19,20)16-8-7-12(17)9-15(16)22-11-14-10-21-14/h2-9,14H,10-11H2,1H3. The molecule has 122 valence electrons. The normalized spacial score (nSPS) is 16.9. The predicted molar refractivity (Wildman–Crippen MR) is 91.4 cm³/mol. The lowest BCUT2D eigenvalue weighted by molar-refractivity contribution is 0.258. The Hall–Kier alpha value is -1.57. The van der Waals surface area contributed by atoms with E-state index in [1.807, 2.05) is 6.07 Å². The molecule has 0 bridgehead atoms. The number of ether oxygens (including phenoxy) is 2. The van der Waals surface area contributed by atoms with Crippen LogP contribution < -0.4 is 9.04 Å². The van der Waals surface area contributed by atoms with Crippen molar-refractivity contribution in [2.24, 2.45) is 0 Å². The van der Waals surface area contributed by atoms with E-state index in [2.05, 4.69) is 15.9 Å². The molecule has 0 amide bonds. The molecule has 1 aliphatic heterocycles. The van der Waals surface area contributed by atoms with Gasteiger partial charge in [0.25, 0.3) is 10.0 Å². The van der Waals surface area contributed by atoms with Crippen molar-refractivity contribution in [2.75, 3.05) is 24.6 Å². The number of hydrogen-bond acceptors (Lipinski definition) is 4. The van der Waals surface area contributed by atoms with E-state index in [9.17, 15) is 8.42 Å². The smallest absolute Gasteiger partial charge is 0.267 e. The van der Waals surface area contributed by atoms with Crippen LogP contribution in [0.3, 0.4) is 0 Å². The highest BCUT2D eigenvalue weighted by atomic mass is 79.9. The van der Waals surface area contributed by atoms with Crippen molar-refractivity contribution in [1.29, 1.82) is 0 Å². The highest BCUT2D eigenvalue weighted by Gasteiger charge is 2.28. The van der Waals surface area contributed by atoms with Crippen LogP contribution in [-0.4, -0.2) is 34.8 Å². The van der Waals surface area contributed by atoms with Gasteiger partial charge in [-0.15, -0.1) is 0 Å². The molecule has 1 atom stereocenters. The van der Waals surface area contributed by atoms with Gasteiger partial charge in [-0.25, -0.2) is 8.42 Å². The van der Waals surface area contributed by atoms with Crippen LogP contribution >= 0.6 is 15.9 Å². The van der Waals surface area contributed by atoms with Crippen molar-refractivity contribution in [1.82, 2.24) is 0 Å². The minimum Gasteiger partial charge on any atom is -0.489 e. The van der Waals surface area contributed by atoms with Gasteiger partial charge in [-0.3, -0.25) is 4.31 Å². The maximum absolute atomic E-state index is 12.9. The highest BCUT2D eigenvalue weighted by molar-refractivity contribution is 9.10. The predicted octanol–water partition coefficient (Wildman–Crippen LogP) is 3.05. The van der Waals surface area contributed by atoms with Crippen LogP contribution in [0.2, 0.25) is 0 Å². The van der Waals surface area contributed by atoms with Crippen LogP contribution in [0, 0.1) is 0 Å². The molecule has 2 aromatic rings. The molecule has 1 saturated heterocycles. The summed E-state index contributed by atoms with van der Waals surface area (Å²) in [6.07, 6.45) is 0.0522. The Balaban J connectivity index is 1.95. The molecule has 3 rings (SSSR count). The van der Waals surface area contributed by atoms with Gasteiger partial charge in [0.05, 0.1) is 12.3 Å². The van der Waals surface area contributed by atoms with Gasteiger partial charge in [-0.2, -0.15) is 0 Å². The van der Waals surface area contributed by atoms with Crippen molar-refractivity contribution < 1.29 is 17.9 Å². The summed E-state index contributed by atoms with van der Waals surface area (Å²) in [7, 11) is -2.19. The number of rotatable bonds is 6. The molecule has 0 aliphatic carbocycles. The first kappa shape index (κ1) is 16.3. The zero-order valence-electron chi connectivity index (χ0n) is 12.5. The number of nitrogens with zero attached hydrogens (tertiary/aromatic N) is 1. The average molecular weight is 398 g/mol. The molecule has 0 saturated carbocycles. The minimum absolute atomic E-state index is 0.0522. The summed E-state index contributed by atoms with van der Waals surface area (Å²) in [6.45, 7) is 0.994. The zero-order valence-corrected chi connectivity index (χ0v) is 14.9. The second kappa shape index (κ2) is 6.51. The van der Waals surface area contributed by atoms with Gasteiger partial charge in [0, 0.05) is 11.5 Å². The second-order valence-electron chi connectivity index (χ2n) is 5.17. The van der Waals surface area contributed by atoms with Crippen LogP contribution in [0.4, 0.5) is 5.69 Å². The Labute approximate surface area is 144 Å². The molecule has 2 aromatic carbocycles. The molecule has 0 radical (unpaired) electrons. The van der Waals surface area contributed by atoms with Crippen molar-refractivity contribution in [3.63, 3.8) is 0 Å². The minimum atomic E-state index is -3.72. The fourth-order valence-electron chi connectivity index (χ4n) is 2.08. The number of hydrogen-bond donors (Lipinski definition) is 0. The van der Waals surface area contributed by atoms with Crippen molar-refractivity contribution in [3.05, 3.63) is 53.0 Å². The average Bonchev–Trinajstić information content (AvgIpc) is 3.37. The summed E-state index contributed by atoms with van der Waals surface area (Å²) in [5, 5.41) is 0. The van der Waals surface area contributed by atoms with Gasteiger partial charge in [0.1, 0.15) is 23.4 Å². The van der Waals surface area contributed by atoms with Crippen molar-refractivity contribution >= 4 is 31.6 Å². The molecule has 23 heavy (non-hydrogen) atoms. The Bertz CT molecular complexity index is 791. The highest BCUT2D eigenvalue weighted by Crippen LogP contribution is 2.32. The van der Waals surface area contributed by atoms with E-state index >= 15 is 0 Å². The Kier molecular flexibility index (Phi) is 4.61. The lowest BCUT2D eigenvalue weighted by Gasteiger charge is -2.21. The summed E-state index contributed by atoms with van der Waals surface area (Å²) in [4.78, 5) is 0.132. The third-order valence-corrected chi connectivity index (χ3v) is 5.81. The van der Waals surface area contributed by atoms with Gasteiger partial charge >= 0.3 is 0 Å². The third kappa shape index (κ3) is 3.68. The first-order chi connectivity index (χ1) is 11.0. The number of para-hydroxylation sites is 1. The first-order valence-corrected chi connectivity index (χ1v) is 9.30. The molecule has 1 fully saturated rings. The molecule has 7 heteroatoms. The van der Waals surface area contributed by atoms with Gasteiger partial charge in [-0.1, -0.05) is 34.1 Å². The van der Waals surface area contributed by atoms with E-state index in [0.717, 1.165) is 4.47 Å². The van der Waals surface area contributed by atoms with Crippen LogP contribution in [0.5, 0.6) is 5.75 Å². The van der Waals surface area contributed by atoms with Crippen LogP contribution in [0.1, 0.15) is 0 Å². The van der Waals surface area contributed by atoms with Crippen molar-refractivity contribution in [3.8, 4) is 5.75 Å². The summed E-state index contributed by atoms with van der Waals surface area (Å²) in [5.74, 6) is 0.317. The van der Waals surface area contributed by atoms with Gasteiger partial charge < -0.3 is 9.47 Å². The molecule has 1 unspecified atom stereocenters. The lowest BCUT2D eigenvalue weighted by Crippen LogP contribution is -2.27. The fraction of sp³-hybridized carbons (Fsp3) is 0.250. The number of anilines is 1. The van der Waals surface area contributed by atoms with E-state index < -0.39 is 10.0 Å². The van der Waals surface area contributed by atoms with Gasteiger partial charge in [0.15, 0.2) is 0 Å². The zero-order chi connectivity index (χ0) is 16.4. The molecule has 0 spiro atoms. The molecule has 0 aromatic heterocycles. The summed E-state index contributed by atoms with van der Waals surface area (Å²) in [6, 6.07) is 13.8.